The van der Waals surface area contributed by atoms with Crippen molar-refractivity contribution in [2.45, 2.75) is 31.4 Å². The number of piperidine rings is 1. The molecule has 2 N–H and O–H groups in total. The van der Waals surface area contributed by atoms with Gasteiger partial charge >= 0.3 is 0 Å². The molecule has 2 atom stereocenters. The Labute approximate surface area is 96.4 Å². The zero-order valence-electron chi connectivity index (χ0n) is 9.76. The second-order valence-electron chi connectivity index (χ2n) is 4.65. The molecule has 1 saturated heterocycles. The molecule has 90 valence electrons. The Morgan fingerprint density at radius 1 is 1.38 bits per heavy atom. The highest BCUT2D eigenvalue weighted by atomic mass is 16.5. The van der Waals surface area contributed by atoms with Crippen molar-refractivity contribution in [1.82, 2.24) is 4.90 Å². The quantitative estimate of drug-likeness (QED) is 0.696. The molecular weight excluding hydrogens is 204 g/mol. The van der Waals surface area contributed by atoms with Crippen molar-refractivity contribution in [3.63, 3.8) is 0 Å². The van der Waals surface area contributed by atoms with Crippen molar-refractivity contribution < 1.29 is 9.53 Å². The molecule has 1 amide bonds. The van der Waals surface area contributed by atoms with E-state index in [1.165, 1.54) is 0 Å². The van der Waals surface area contributed by atoms with Gasteiger partial charge in [0.25, 0.3) is 0 Å². The minimum Gasteiger partial charge on any atom is -0.381 e. The Hall–Kier alpha value is -0.870. The first kappa shape index (κ1) is 11.6. The van der Waals surface area contributed by atoms with Gasteiger partial charge in [0.2, 0.25) is 5.91 Å². The molecule has 1 aliphatic carbocycles. The van der Waals surface area contributed by atoms with Crippen LogP contribution in [0.2, 0.25) is 0 Å². The molecule has 4 heteroatoms. The van der Waals surface area contributed by atoms with Crippen molar-refractivity contribution in [2.24, 2.45) is 11.7 Å². The molecule has 2 aliphatic rings. The fraction of sp³-hybridized carbons (Fsp3) is 0.750. The van der Waals surface area contributed by atoms with Crippen LogP contribution in [0.25, 0.3) is 0 Å². The first-order valence-corrected chi connectivity index (χ1v) is 5.96. The number of ether oxygens (including phenoxy) is 1. The molecule has 0 aromatic carbocycles. The van der Waals surface area contributed by atoms with Crippen LogP contribution in [0.15, 0.2) is 12.2 Å². The Balaban J connectivity index is 1.85. The third kappa shape index (κ3) is 2.44. The largest absolute Gasteiger partial charge is 0.381 e. The van der Waals surface area contributed by atoms with Gasteiger partial charge in [-0.2, -0.15) is 0 Å². The number of carbonyl (C=O) groups is 1. The standard InChI is InChI=1S/C12H20N2O2/c1-16-11-4-6-14(7-5-11)12(15)9-2-3-10(13)8-9/h2-3,9-11H,4-8,13H2,1H3. The van der Waals surface area contributed by atoms with E-state index in [1.54, 1.807) is 7.11 Å². The normalized spacial score (nSPS) is 31.0. The van der Waals surface area contributed by atoms with E-state index in [0.717, 1.165) is 32.4 Å². The van der Waals surface area contributed by atoms with Gasteiger partial charge in [0, 0.05) is 26.2 Å². The lowest BCUT2D eigenvalue weighted by molar-refractivity contribution is -0.136. The topological polar surface area (TPSA) is 55.6 Å². The molecule has 0 aromatic rings. The van der Waals surface area contributed by atoms with E-state index >= 15 is 0 Å². The van der Waals surface area contributed by atoms with Crippen LogP contribution >= 0.6 is 0 Å². The maximum atomic E-state index is 12.1. The van der Waals surface area contributed by atoms with Gasteiger partial charge in [-0.15, -0.1) is 0 Å². The second-order valence-corrected chi connectivity index (χ2v) is 4.65. The van der Waals surface area contributed by atoms with E-state index in [9.17, 15) is 4.79 Å². The molecule has 0 radical (unpaired) electrons. The van der Waals surface area contributed by atoms with Crippen LogP contribution in [0.5, 0.6) is 0 Å². The molecule has 0 saturated carbocycles. The number of nitrogens with two attached hydrogens (primary N) is 1. The van der Waals surface area contributed by atoms with E-state index in [2.05, 4.69) is 0 Å². The van der Waals surface area contributed by atoms with Crippen molar-refractivity contribution >= 4 is 5.91 Å². The number of hydrogen-bond donors (Lipinski definition) is 1. The Bertz CT molecular complexity index is 283. The molecule has 4 nitrogen and oxygen atoms in total. The molecule has 1 fully saturated rings. The summed E-state index contributed by atoms with van der Waals surface area (Å²) < 4.78 is 5.29. The van der Waals surface area contributed by atoms with Crippen molar-refractivity contribution in [3.8, 4) is 0 Å². The van der Waals surface area contributed by atoms with Crippen LogP contribution in [-0.4, -0.2) is 43.2 Å². The molecule has 2 unspecified atom stereocenters. The van der Waals surface area contributed by atoms with Gasteiger partial charge in [0.15, 0.2) is 0 Å². The summed E-state index contributed by atoms with van der Waals surface area (Å²) in [5.41, 5.74) is 5.76. The van der Waals surface area contributed by atoms with Crippen molar-refractivity contribution in [2.75, 3.05) is 20.2 Å². The van der Waals surface area contributed by atoms with E-state index in [1.807, 2.05) is 17.1 Å². The monoisotopic (exact) mass is 224 g/mol. The Morgan fingerprint density at radius 2 is 2.06 bits per heavy atom. The van der Waals surface area contributed by atoms with E-state index < -0.39 is 0 Å². The average molecular weight is 224 g/mol. The van der Waals surface area contributed by atoms with Crippen LogP contribution in [0.3, 0.4) is 0 Å². The summed E-state index contributed by atoms with van der Waals surface area (Å²) in [7, 11) is 1.74. The van der Waals surface area contributed by atoms with E-state index in [-0.39, 0.29) is 17.9 Å². The lowest BCUT2D eigenvalue weighted by Gasteiger charge is -2.32. The Morgan fingerprint density at radius 3 is 2.56 bits per heavy atom. The van der Waals surface area contributed by atoms with Crippen molar-refractivity contribution in [1.29, 1.82) is 0 Å². The summed E-state index contributed by atoms with van der Waals surface area (Å²) in [6, 6.07) is 0.0606. The van der Waals surface area contributed by atoms with Crippen LogP contribution in [0, 0.1) is 5.92 Å². The van der Waals surface area contributed by atoms with Crippen LogP contribution in [0.4, 0.5) is 0 Å². The summed E-state index contributed by atoms with van der Waals surface area (Å²) in [6.07, 6.45) is 6.88. The lowest BCUT2D eigenvalue weighted by atomic mass is 10.0. The van der Waals surface area contributed by atoms with E-state index in [0.29, 0.717) is 6.10 Å². The highest BCUT2D eigenvalue weighted by Gasteiger charge is 2.29. The molecule has 1 heterocycles. The number of amides is 1. The van der Waals surface area contributed by atoms with Crippen LogP contribution in [0.1, 0.15) is 19.3 Å². The third-order valence-corrected chi connectivity index (χ3v) is 3.52. The highest BCUT2D eigenvalue weighted by Crippen LogP contribution is 2.22. The fourth-order valence-corrected chi connectivity index (χ4v) is 2.46. The minimum absolute atomic E-state index is 0.00842. The van der Waals surface area contributed by atoms with Gasteiger partial charge in [0.1, 0.15) is 0 Å². The predicted molar refractivity (Wildman–Crippen MR) is 61.8 cm³/mol. The zero-order valence-corrected chi connectivity index (χ0v) is 9.76. The summed E-state index contributed by atoms with van der Waals surface area (Å²) in [4.78, 5) is 14.1. The predicted octanol–water partition coefficient (Wildman–Crippen LogP) is 0.527. The maximum absolute atomic E-state index is 12.1. The second kappa shape index (κ2) is 4.97. The molecular formula is C12H20N2O2. The van der Waals surface area contributed by atoms with Crippen molar-refractivity contribution in [3.05, 3.63) is 12.2 Å². The number of carbonyl (C=O) groups excluding carboxylic acids is 1. The third-order valence-electron chi connectivity index (χ3n) is 3.52. The Kier molecular flexibility index (Phi) is 3.61. The number of likely N-dealkylation sites (tertiary alicyclic amines) is 1. The molecule has 0 aromatic heterocycles. The summed E-state index contributed by atoms with van der Waals surface area (Å²) >= 11 is 0. The zero-order chi connectivity index (χ0) is 11.5. The van der Waals surface area contributed by atoms with Gasteiger partial charge in [0.05, 0.1) is 12.0 Å². The number of nitrogens with zero attached hydrogens (tertiary/aromatic N) is 1. The van der Waals surface area contributed by atoms with Gasteiger partial charge in [-0.25, -0.2) is 0 Å². The minimum atomic E-state index is 0.00842. The van der Waals surface area contributed by atoms with Crippen LogP contribution in [-0.2, 0) is 9.53 Å². The lowest BCUT2D eigenvalue weighted by Crippen LogP contribution is -2.43. The molecule has 16 heavy (non-hydrogen) atoms. The number of methoxy groups -OCH3 is 1. The average Bonchev–Trinajstić information content (AvgIpc) is 2.75. The molecule has 0 spiro atoms. The first-order valence-electron chi connectivity index (χ1n) is 5.96. The summed E-state index contributed by atoms with van der Waals surface area (Å²) in [5, 5.41) is 0. The van der Waals surface area contributed by atoms with Gasteiger partial charge in [-0.3, -0.25) is 4.79 Å². The van der Waals surface area contributed by atoms with Gasteiger partial charge in [-0.1, -0.05) is 12.2 Å². The smallest absolute Gasteiger partial charge is 0.229 e. The molecule has 0 bridgehead atoms. The number of rotatable bonds is 2. The van der Waals surface area contributed by atoms with E-state index in [4.69, 9.17) is 10.5 Å². The highest BCUT2D eigenvalue weighted by molar-refractivity contribution is 5.81. The number of hydrogen-bond acceptors (Lipinski definition) is 3. The van der Waals surface area contributed by atoms with Gasteiger partial charge < -0.3 is 15.4 Å². The summed E-state index contributed by atoms with van der Waals surface area (Å²) in [5.74, 6) is 0.243. The first-order chi connectivity index (χ1) is 7.70. The van der Waals surface area contributed by atoms with Gasteiger partial charge in [-0.05, 0) is 19.3 Å². The fourth-order valence-electron chi connectivity index (χ4n) is 2.46. The molecule has 2 rings (SSSR count). The molecule has 1 aliphatic heterocycles. The van der Waals surface area contributed by atoms with Crippen LogP contribution < -0.4 is 5.73 Å². The summed E-state index contributed by atoms with van der Waals surface area (Å²) in [6.45, 7) is 1.63. The SMILES string of the molecule is COC1CCN(C(=O)C2C=CC(N)C2)CC1. The maximum Gasteiger partial charge on any atom is 0.229 e.